The van der Waals surface area contributed by atoms with Gasteiger partial charge in [-0.15, -0.1) is 0 Å². The molecular formula is C27H26Cl2FN3O5S. The number of halogens is 3. The predicted molar refractivity (Wildman–Crippen MR) is 151 cm³/mol. The third-order valence-corrected chi connectivity index (χ3v) is 7.68. The topological polar surface area (TPSA) is 90.0 Å². The van der Waals surface area contributed by atoms with Gasteiger partial charge in [-0.1, -0.05) is 23.2 Å². The molecule has 12 heteroatoms. The van der Waals surface area contributed by atoms with Crippen molar-refractivity contribution < 1.29 is 27.0 Å². The lowest BCUT2D eigenvalue weighted by Gasteiger charge is -2.15. The fourth-order valence-electron chi connectivity index (χ4n) is 3.71. The van der Waals surface area contributed by atoms with Crippen LogP contribution in [-0.4, -0.2) is 52.7 Å². The molecule has 8 nitrogen and oxygen atoms in total. The summed E-state index contributed by atoms with van der Waals surface area (Å²) < 4.78 is 60.1. The van der Waals surface area contributed by atoms with Crippen LogP contribution >= 0.6 is 23.2 Å². The molecule has 1 N–H and O–H groups in total. The number of benzene rings is 3. The van der Waals surface area contributed by atoms with E-state index in [1.54, 1.807) is 18.2 Å². The van der Waals surface area contributed by atoms with Crippen LogP contribution in [0.5, 0.6) is 23.0 Å². The van der Waals surface area contributed by atoms with Crippen molar-refractivity contribution in [1.29, 1.82) is 0 Å². The van der Waals surface area contributed by atoms with Crippen molar-refractivity contribution in [1.82, 2.24) is 9.88 Å². The van der Waals surface area contributed by atoms with Crippen molar-refractivity contribution in [2.45, 2.75) is 11.3 Å². The molecule has 0 radical (unpaired) electrons. The molecule has 0 saturated carbocycles. The Morgan fingerprint density at radius 3 is 2.49 bits per heavy atom. The smallest absolute Gasteiger partial charge is 0.263 e. The monoisotopic (exact) mass is 593 g/mol. The fraction of sp³-hybridized carbons (Fsp3) is 0.222. The second kappa shape index (κ2) is 12.3. The molecule has 0 aliphatic rings. The number of hydrogen-bond donors (Lipinski definition) is 1. The molecule has 1 aromatic heterocycles. The van der Waals surface area contributed by atoms with Crippen LogP contribution < -0.4 is 18.9 Å². The average molecular weight is 594 g/mol. The molecular weight excluding hydrogens is 568 g/mol. The maximum atomic E-state index is 15.0. The number of nitrogens with zero attached hydrogens (tertiary/aromatic N) is 2. The Bertz CT molecular complexity index is 1600. The molecule has 1 heterocycles. The molecule has 0 aliphatic heterocycles. The van der Waals surface area contributed by atoms with Gasteiger partial charge in [0.2, 0.25) is 0 Å². The maximum Gasteiger partial charge on any atom is 0.263 e. The SMILES string of the molecule is COc1cc2c(Oc3ccc(NS(=O)(=O)c4cc(Cl)ccc4Cl)cc3F)ccnc2cc1OCCCN(C)C. The first-order valence-corrected chi connectivity index (χ1v) is 14.0. The molecule has 4 rings (SSSR count). The first kappa shape index (κ1) is 28.7. The summed E-state index contributed by atoms with van der Waals surface area (Å²) in [6.07, 6.45) is 2.37. The van der Waals surface area contributed by atoms with Crippen LogP contribution in [0.4, 0.5) is 10.1 Å². The second-order valence-corrected chi connectivity index (χ2v) is 11.3. The largest absolute Gasteiger partial charge is 0.493 e. The normalized spacial score (nSPS) is 11.6. The number of rotatable bonds is 11. The summed E-state index contributed by atoms with van der Waals surface area (Å²) >= 11 is 11.9. The quantitative estimate of drug-likeness (QED) is 0.196. The van der Waals surface area contributed by atoms with Crippen molar-refractivity contribution in [3.05, 3.63) is 76.7 Å². The first-order chi connectivity index (χ1) is 18.6. The average Bonchev–Trinajstić information content (AvgIpc) is 2.88. The van der Waals surface area contributed by atoms with Crippen molar-refractivity contribution in [3.8, 4) is 23.0 Å². The number of nitrogens with one attached hydrogen (secondary N) is 1. The number of methoxy groups -OCH3 is 1. The Hall–Kier alpha value is -3.31. The highest BCUT2D eigenvalue weighted by Gasteiger charge is 2.20. The molecule has 0 fully saturated rings. The molecule has 0 amide bonds. The van der Waals surface area contributed by atoms with E-state index >= 15 is 4.39 Å². The molecule has 3 aromatic carbocycles. The van der Waals surface area contributed by atoms with Crippen molar-refractivity contribution in [2.75, 3.05) is 39.1 Å². The zero-order chi connectivity index (χ0) is 28.2. The molecule has 0 aliphatic carbocycles. The molecule has 206 valence electrons. The highest BCUT2D eigenvalue weighted by Crippen LogP contribution is 2.38. The zero-order valence-corrected chi connectivity index (χ0v) is 23.7. The molecule has 39 heavy (non-hydrogen) atoms. The van der Waals surface area contributed by atoms with E-state index in [2.05, 4.69) is 14.6 Å². The summed E-state index contributed by atoms with van der Waals surface area (Å²) in [4.78, 5) is 6.23. The maximum absolute atomic E-state index is 15.0. The highest BCUT2D eigenvalue weighted by molar-refractivity contribution is 7.92. The fourth-order valence-corrected chi connectivity index (χ4v) is 5.52. The number of anilines is 1. The summed E-state index contributed by atoms with van der Waals surface area (Å²) in [5.41, 5.74) is 0.548. The van der Waals surface area contributed by atoms with Gasteiger partial charge in [-0.05, 0) is 63.0 Å². The van der Waals surface area contributed by atoms with Gasteiger partial charge >= 0.3 is 0 Å². The summed E-state index contributed by atoms with van der Waals surface area (Å²) in [6, 6.07) is 12.8. The molecule has 0 saturated heterocycles. The van der Waals surface area contributed by atoms with E-state index < -0.39 is 15.8 Å². The summed E-state index contributed by atoms with van der Waals surface area (Å²) in [5.74, 6) is 0.445. The minimum Gasteiger partial charge on any atom is -0.493 e. The van der Waals surface area contributed by atoms with E-state index in [1.807, 2.05) is 14.1 Å². The number of hydrogen-bond acceptors (Lipinski definition) is 7. The van der Waals surface area contributed by atoms with Crippen LogP contribution in [0.2, 0.25) is 10.0 Å². The Labute approximate surface area is 236 Å². The van der Waals surface area contributed by atoms with E-state index in [-0.39, 0.29) is 26.4 Å². The lowest BCUT2D eigenvalue weighted by molar-refractivity contribution is 0.268. The minimum atomic E-state index is -4.12. The Morgan fingerprint density at radius 2 is 1.77 bits per heavy atom. The standard InChI is InChI=1S/C27H26Cl2FN3O5S/c1-33(2)11-4-12-37-26-16-22-19(15-25(26)36-3)23(9-10-31-22)38-24-8-6-18(14-21(24)30)32-39(34,35)27-13-17(28)5-7-20(27)29/h5-10,13-16,32H,4,11-12H2,1-3H3. The summed E-state index contributed by atoms with van der Waals surface area (Å²) in [5, 5.41) is 0.753. The summed E-state index contributed by atoms with van der Waals surface area (Å²) in [7, 11) is 1.40. The zero-order valence-electron chi connectivity index (χ0n) is 21.4. The van der Waals surface area contributed by atoms with E-state index in [0.29, 0.717) is 34.8 Å². The van der Waals surface area contributed by atoms with Gasteiger partial charge in [0.05, 0.1) is 29.9 Å². The van der Waals surface area contributed by atoms with Crippen LogP contribution in [0.1, 0.15) is 6.42 Å². The molecule has 0 spiro atoms. The van der Waals surface area contributed by atoms with Crippen molar-refractivity contribution >= 4 is 49.8 Å². The van der Waals surface area contributed by atoms with E-state index in [9.17, 15) is 8.42 Å². The van der Waals surface area contributed by atoms with Crippen LogP contribution in [0, 0.1) is 5.82 Å². The Balaban J connectivity index is 1.56. The van der Waals surface area contributed by atoms with E-state index in [0.717, 1.165) is 19.0 Å². The van der Waals surface area contributed by atoms with Gasteiger partial charge in [0.1, 0.15) is 10.6 Å². The van der Waals surface area contributed by atoms with Crippen LogP contribution in [0.15, 0.2) is 65.7 Å². The van der Waals surface area contributed by atoms with Crippen LogP contribution in [0.3, 0.4) is 0 Å². The minimum absolute atomic E-state index is 0.0190. The molecule has 0 atom stereocenters. The van der Waals surface area contributed by atoms with Gasteiger partial charge in [-0.25, -0.2) is 12.8 Å². The Morgan fingerprint density at radius 1 is 0.974 bits per heavy atom. The van der Waals surface area contributed by atoms with Gasteiger partial charge in [0, 0.05) is 35.3 Å². The van der Waals surface area contributed by atoms with E-state index in [4.69, 9.17) is 37.4 Å². The van der Waals surface area contributed by atoms with Gasteiger partial charge in [0.15, 0.2) is 23.1 Å². The highest BCUT2D eigenvalue weighted by atomic mass is 35.5. The first-order valence-electron chi connectivity index (χ1n) is 11.8. The number of pyridine rings is 1. The third-order valence-electron chi connectivity index (χ3n) is 5.58. The predicted octanol–water partition coefficient (Wildman–Crippen LogP) is 6.61. The third kappa shape index (κ3) is 7.02. The number of aromatic nitrogens is 1. The number of ether oxygens (including phenoxy) is 3. The molecule has 0 bridgehead atoms. The summed E-state index contributed by atoms with van der Waals surface area (Å²) in [6.45, 7) is 1.38. The lowest BCUT2D eigenvalue weighted by Crippen LogP contribution is -2.15. The van der Waals surface area contributed by atoms with E-state index in [1.165, 1.54) is 43.6 Å². The van der Waals surface area contributed by atoms with Gasteiger partial charge in [0.25, 0.3) is 10.0 Å². The molecule has 4 aromatic rings. The van der Waals surface area contributed by atoms with Crippen LogP contribution in [-0.2, 0) is 10.0 Å². The van der Waals surface area contributed by atoms with Crippen molar-refractivity contribution in [3.63, 3.8) is 0 Å². The molecule has 0 unspecified atom stereocenters. The Kier molecular flexibility index (Phi) is 9.01. The number of fused-ring (bicyclic) bond motifs is 1. The van der Waals surface area contributed by atoms with Crippen LogP contribution in [0.25, 0.3) is 10.9 Å². The second-order valence-electron chi connectivity index (χ2n) is 8.76. The lowest BCUT2D eigenvalue weighted by atomic mass is 10.1. The van der Waals surface area contributed by atoms with Crippen molar-refractivity contribution in [2.24, 2.45) is 0 Å². The van der Waals surface area contributed by atoms with Gasteiger partial charge in [-0.2, -0.15) is 0 Å². The number of sulfonamides is 1. The van der Waals surface area contributed by atoms with Gasteiger partial charge in [-0.3, -0.25) is 9.71 Å². The van der Waals surface area contributed by atoms with Gasteiger partial charge < -0.3 is 19.1 Å².